The molecular formula is C14H19NOS. The van der Waals surface area contributed by atoms with E-state index in [0.29, 0.717) is 5.25 Å². The maximum atomic E-state index is 5.87. The van der Waals surface area contributed by atoms with Gasteiger partial charge in [-0.15, -0.1) is 11.8 Å². The molecule has 2 unspecified atom stereocenters. The number of hydrogen-bond acceptors (Lipinski definition) is 3. The van der Waals surface area contributed by atoms with E-state index in [1.165, 1.54) is 23.3 Å². The van der Waals surface area contributed by atoms with Crippen LogP contribution in [0.1, 0.15) is 12.0 Å². The molecule has 0 bridgehead atoms. The summed E-state index contributed by atoms with van der Waals surface area (Å²) in [6.45, 7) is 4.13. The zero-order chi connectivity index (χ0) is 11.5. The van der Waals surface area contributed by atoms with Crippen molar-refractivity contribution in [1.82, 2.24) is 5.32 Å². The van der Waals surface area contributed by atoms with Crippen molar-refractivity contribution >= 4 is 11.8 Å². The van der Waals surface area contributed by atoms with E-state index in [1.807, 2.05) is 11.8 Å². The molecule has 0 aliphatic carbocycles. The van der Waals surface area contributed by atoms with Gasteiger partial charge in [-0.2, -0.15) is 0 Å². The molecule has 1 aromatic rings. The Balaban J connectivity index is 1.43. The number of ether oxygens (including phenoxy) is 1. The molecule has 3 rings (SSSR count). The van der Waals surface area contributed by atoms with Gasteiger partial charge in [-0.3, -0.25) is 0 Å². The number of thioether (sulfide) groups is 1. The average molecular weight is 249 g/mol. The van der Waals surface area contributed by atoms with Gasteiger partial charge in [-0.05, 0) is 36.9 Å². The maximum Gasteiger partial charge on any atom is 0.0591 e. The van der Waals surface area contributed by atoms with Crippen LogP contribution in [-0.4, -0.2) is 31.6 Å². The van der Waals surface area contributed by atoms with Crippen molar-refractivity contribution in [3.05, 3.63) is 29.8 Å². The van der Waals surface area contributed by atoms with Crippen molar-refractivity contribution in [1.29, 1.82) is 0 Å². The van der Waals surface area contributed by atoms with Crippen LogP contribution in [0.3, 0.4) is 0 Å². The summed E-state index contributed by atoms with van der Waals surface area (Å²) in [5.74, 6) is 0.740. The molecular weight excluding hydrogens is 230 g/mol. The molecule has 3 heteroatoms. The van der Waals surface area contributed by atoms with Gasteiger partial charge < -0.3 is 10.1 Å². The molecule has 1 saturated heterocycles. The minimum absolute atomic E-state index is 0.627. The van der Waals surface area contributed by atoms with Crippen LogP contribution in [0.4, 0.5) is 0 Å². The van der Waals surface area contributed by atoms with Crippen molar-refractivity contribution < 1.29 is 4.74 Å². The molecule has 92 valence electrons. The third kappa shape index (κ3) is 2.84. The normalized spacial score (nSPS) is 27.3. The summed E-state index contributed by atoms with van der Waals surface area (Å²) < 4.78 is 5.87. The Bertz CT molecular complexity index is 351. The lowest BCUT2D eigenvalue weighted by Gasteiger charge is -2.12. The first kappa shape index (κ1) is 11.6. The molecule has 2 atom stereocenters. The van der Waals surface area contributed by atoms with Gasteiger partial charge >= 0.3 is 0 Å². The highest BCUT2D eigenvalue weighted by molar-refractivity contribution is 8.00. The molecule has 1 N–H and O–H groups in total. The molecule has 1 aromatic carbocycles. The summed E-state index contributed by atoms with van der Waals surface area (Å²) in [4.78, 5) is 1.45. The second kappa shape index (κ2) is 5.42. The number of fused-ring (bicyclic) bond motifs is 1. The largest absolute Gasteiger partial charge is 0.380 e. The Morgan fingerprint density at radius 3 is 3.06 bits per heavy atom. The highest BCUT2D eigenvalue weighted by Crippen LogP contribution is 2.36. The Morgan fingerprint density at radius 2 is 2.24 bits per heavy atom. The molecule has 0 radical (unpaired) electrons. The van der Waals surface area contributed by atoms with Crippen LogP contribution in [-0.2, 0) is 11.2 Å². The monoisotopic (exact) mass is 249 g/mol. The Kier molecular flexibility index (Phi) is 3.69. The van der Waals surface area contributed by atoms with E-state index in [-0.39, 0.29) is 0 Å². The number of hydrogen-bond donors (Lipinski definition) is 1. The molecule has 0 aromatic heterocycles. The van der Waals surface area contributed by atoms with Crippen molar-refractivity contribution in [2.75, 3.05) is 26.3 Å². The third-order valence-corrected chi connectivity index (χ3v) is 4.82. The summed E-state index contributed by atoms with van der Waals surface area (Å²) in [5, 5.41) is 4.01. The Labute approximate surface area is 107 Å². The fraction of sp³-hybridized carbons (Fsp3) is 0.571. The van der Waals surface area contributed by atoms with E-state index < -0.39 is 0 Å². The first-order chi connectivity index (χ1) is 8.42. The van der Waals surface area contributed by atoms with Crippen LogP contribution < -0.4 is 5.32 Å². The van der Waals surface area contributed by atoms with Gasteiger partial charge in [0.05, 0.1) is 13.2 Å². The Hall–Kier alpha value is -0.510. The fourth-order valence-corrected chi connectivity index (χ4v) is 3.82. The summed E-state index contributed by atoms with van der Waals surface area (Å²) in [6.07, 6.45) is 2.45. The first-order valence-corrected chi connectivity index (χ1v) is 7.33. The minimum atomic E-state index is 0.627. The van der Waals surface area contributed by atoms with Gasteiger partial charge in [0.1, 0.15) is 0 Å². The second-order valence-corrected chi connectivity index (χ2v) is 6.29. The fourth-order valence-electron chi connectivity index (χ4n) is 2.57. The van der Waals surface area contributed by atoms with Crippen LogP contribution >= 0.6 is 11.8 Å². The highest BCUT2D eigenvalue weighted by atomic mass is 32.2. The van der Waals surface area contributed by atoms with Gasteiger partial charge in [0.25, 0.3) is 0 Å². The van der Waals surface area contributed by atoms with Crippen molar-refractivity contribution in [3.63, 3.8) is 0 Å². The van der Waals surface area contributed by atoms with E-state index in [4.69, 9.17) is 4.74 Å². The van der Waals surface area contributed by atoms with Crippen molar-refractivity contribution in [3.8, 4) is 0 Å². The number of nitrogens with one attached hydrogen (secondary N) is 1. The van der Waals surface area contributed by atoms with Crippen LogP contribution in [0.25, 0.3) is 0 Å². The minimum Gasteiger partial charge on any atom is -0.380 e. The van der Waals surface area contributed by atoms with E-state index >= 15 is 0 Å². The predicted octanol–water partition coefficient (Wildman–Crippen LogP) is 2.33. The van der Waals surface area contributed by atoms with Gasteiger partial charge in [0.2, 0.25) is 0 Å². The quantitative estimate of drug-likeness (QED) is 0.885. The molecule has 17 heavy (non-hydrogen) atoms. The van der Waals surface area contributed by atoms with Crippen molar-refractivity contribution in [2.24, 2.45) is 5.92 Å². The van der Waals surface area contributed by atoms with E-state index in [9.17, 15) is 0 Å². The first-order valence-electron chi connectivity index (χ1n) is 6.45. The molecule has 2 heterocycles. The van der Waals surface area contributed by atoms with Crippen LogP contribution in [0.15, 0.2) is 29.2 Å². The van der Waals surface area contributed by atoms with Crippen molar-refractivity contribution in [2.45, 2.75) is 23.0 Å². The smallest absolute Gasteiger partial charge is 0.0591 e. The van der Waals surface area contributed by atoms with Gasteiger partial charge in [0.15, 0.2) is 0 Å². The molecule has 2 aliphatic heterocycles. The lowest BCUT2D eigenvalue weighted by Crippen LogP contribution is -2.18. The lowest BCUT2D eigenvalue weighted by atomic mass is 10.1. The second-order valence-electron chi connectivity index (χ2n) is 4.95. The third-order valence-electron chi connectivity index (χ3n) is 3.53. The summed E-state index contributed by atoms with van der Waals surface area (Å²) >= 11 is 1.98. The predicted molar refractivity (Wildman–Crippen MR) is 71.6 cm³/mol. The molecule has 2 nitrogen and oxygen atoms in total. The summed E-state index contributed by atoms with van der Waals surface area (Å²) in [7, 11) is 0. The summed E-state index contributed by atoms with van der Waals surface area (Å²) in [5.41, 5.74) is 1.49. The molecule has 0 saturated carbocycles. The summed E-state index contributed by atoms with van der Waals surface area (Å²) in [6, 6.07) is 8.72. The van der Waals surface area contributed by atoms with Gasteiger partial charge in [0, 0.05) is 16.7 Å². The maximum absolute atomic E-state index is 5.87. The van der Waals surface area contributed by atoms with Crippen LogP contribution in [0.2, 0.25) is 0 Å². The molecule has 2 aliphatic rings. The van der Waals surface area contributed by atoms with E-state index in [1.54, 1.807) is 0 Å². The zero-order valence-electron chi connectivity index (χ0n) is 10.0. The highest BCUT2D eigenvalue weighted by Gasteiger charge is 2.22. The lowest BCUT2D eigenvalue weighted by molar-refractivity contribution is 0.106. The number of rotatable bonds is 4. The standard InChI is InChI=1S/C14H19NOS/c1-2-4-14-12(3-1)7-13(17-14)10-16-9-11-5-6-15-8-11/h1-4,11,13,15H,5-10H2. The molecule has 1 fully saturated rings. The molecule has 0 spiro atoms. The zero-order valence-corrected chi connectivity index (χ0v) is 10.8. The van der Waals surface area contributed by atoms with E-state index in [2.05, 4.69) is 29.6 Å². The Morgan fingerprint density at radius 1 is 1.29 bits per heavy atom. The SMILES string of the molecule is c1ccc2c(c1)CC(COCC1CCNC1)S2. The molecule has 0 amide bonds. The average Bonchev–Trinajstić information content (AvgIpc) is 2.96. The number of benzene rings is 1. The van der Waals surface area contributed by atoms with Crippen LogP contribution in [0, 0.1) is 5.92 Å². The van der Waals surface area contributed by atoms with Crippen LogP contribution in [0.5, 0.6) is 0 Å². The van der Waals surface area contributed by atoms with Gasteiger partial charge in [-0.1, -0.05) is 18.2 Å². The van der Waals surface area contributed by atoms with E-state index in [0.717, 1.165) is 32.2 Å². The topological polar surface area (TPSA) is 21.3 Å². The van der Waals surface area contributed by atoms with Gasteiger partial charge in [-0.25, -0.2) is 0 Å².